The fourth-order valence-electron chi connectivity index (χ4n) is 1.81. The molecule has 0 aromatic heterocycles. The molecule has 0 saturated carbocycles. The lowest BCUT2D eigenvalue weighted by Crippen LogP contribution is -2.36. The van der Waals surface area contributed by atoms with Crippen molar-refractivity contribution in [1.29, 1.82) is 0 Å². The Kier molecular flexibility index (Phi) is 6.14. The summed E-state index contributed by atoms with van der Waals surface area (Å²) in [7, 11) is 0. The maximum absolute atomic E-state index is 13.5. The van der Waals surface area contributed by atoms with Gasteiger partial charge in [-0.1, -0.05) is 13.8 Å². The third-order valence-electron chi connectivity index (χ3n) is 3.01. The summed E-state index contributed by atoms with van der Waals surface area (Å²) in [4.78, 5) is 22.4. The molecule has 2 amide bonds. The first-order chi connectivity index (χ1) is 9.79. The monoisotopic (exact) mass is 296 g/mol. The van der Waals surface area contributed by atoms with Crippen molar-refractivity contribution in [3.05, 3.63) is 29.6 Å². The molecule has 0 bridgehead atoms. The molecule has 0 heterocycles. The van der Waals surface area contributed by atoms with Gasteiger partial charge in [0.05, 0.1) is 5.56 Å². The van der Waals surface area contributed by atoms with Crippen LogP contribution in [0.3, 0.4) is 0 Å². The van der Waals surface area contributed by atoms with Gasteiger partial charge < -0.3 is 15.7 Å². The Morgan fingerprint density at radius 2 is 1.90 bits per heavy atom. The van der Waals surface area contributed by atoms with E-state index in [1.807, 2.05) is 6.92 Å². The summed E-state index contributed by atoms with van der Waals surface area (Å²) in [5, 5.41) is 14.0. The smallest absolute Gasteiger partial charge is 0.338 e. The summed E-state index contributed by atoms with van der Waals surface area (Å²) in [6, 6.07) is 3.03. The quantitative estimate of drug-likeness (QED) is 0.752. The number of nitrogens with one attached hydrogen (secondary N) is 2. The van der Waals surface area contributed by atoms with Crippen LogP contribution in [0, 0.1) is 11.7 Å². The number of carboxylic acid groups (broad SMARTS) is 1. The predicted molar refractivity (Wildman–Crippen MR) is 79.0 cm³/mol. The molecular formula is C15H21FN2O3. The molecule has 0 aliphatic heterocycles. The first-order valence-electron chi connectivity index (χ1n) is 6.90. The zero-order chi connectivity index (χ0) is 16.0. The molecule has 5 nitrogen and oxygen atoms in total. The van der Waals surface area contributed by atoms with E-state index in [0.717, 1.165) is 25.0 Å². The van der Waals surface area contributed by atoms with Crippen LogP contribution in [-0.4, -0.2) is 23.1 Å². The Bertz CT molecular complexity index is 518. The zero-order valence-electron chi connectivity index (χ0n) is 12.4. The molecule has 6 heteroatoms. The largest absolute Gasteiger partial charge is 0.478 e. The van der Waals surface area contributed by atoms with Gasteiger partial charge in [0.25, 0.3) is 0 Å². The molecule has 0 aliphatic rings. The van der Waals surface area contributed by atoms with Gasteiger partial charge in [0.2, 0.25) is 0 Å². The van der Waals surface area contributed by atoms with Crippen LogP contribution in [0.1, 0.15) is 44.0 Å². The van der Waals surface area contributed by atoms with Gasteiger partial charge in [-0.2, -0.15) is 0 Å². The molecular weight excluding hydrogens is 275 g/mol. The molecule has 1 unspecified atom stereocenters. The Balaban J connectivity index is 2.55. The number of hydrogen-bond acceptors (Lipinski definition) is 2. The van der Waals surface area contributed by atoms with Crippen LogP contribution in [0.15, 0.2) is 18.2 Å². The van der Waals surface area contributed by atoms with Crippen LogP contribution in [0.4, 0.5) is 14.9 Å². The number of halogens is 1. The van der Waals surface area contributed by atoms with E-state index in [9.17, 15) is 14.0 Å². The maximum Gasteiger partial charge on any atom is 0.338 e. The van der Waals surface area contributed by atoms with E-state index in [2.05, 4.69) is 24.5 Å². The minimum absolute atomic E-state index is 0.00976. The normalized spacial score (nSPS) is 12.0. The number of carboxylic acids is 1. The number of benzene rings is 1. The van der Waals surface area contributed by atoms with Gasteiger partial charge in [-0.25, -0.2) is 14.0 Å². The van der Waals surface area contributed by atoms with Crippen LogP contribution in [0.5, 0.6) is 0 Å². The Morgan fingerprint density at radius 3 is 2.43 bits per heavy atom. The summed E-state index contributed by atoms with van der Waals surface area (Å²) in [5.41, 5.74) is -0.211. The molecule has 3 N–H and O–H groups in total. The van der Waals surface area contributed by atoms with Gasteiger partial charge in [-0.15, -0.1) is 0 Å². The summed E-state index contributed by atoms with van der Waals surface area (Å²) in [6.07, 6.45) is 1.86. The summed E-state index contributed by atoms with van der Waals surface area (Å²) < 4.78 is 13.5. The van der Waals surface area contributed by atoms with E-state index in [-0.39, 0.29) is 11.7 Å². The molecule has 0 radical (unpaired) electrons. The van der Waals surface area contributed by atoms with E-state index >= 15 is 0 Å². The van der Waals surface area contributed by atoms with E-state index in [0.29, 0.717) is 5.92 Å². The van der Waals surface area contributed by atoms with Crippen molar-refractivity contribution in [3.8, 4) is 0 Å². The van der Waals surface area contributed by atoms with Crippen LogP contribution < -0.4 is 10.6 Å². The number of aromatic carboxylic acids is 1. The molecule has 0 spiro atoms. The lowest BCUT2D eigenvalue weighted by molar-refractivity contribution is 0.0692. The third kappa shape index (κ3) is 5.81. The van der Waals surface area contributed by atoms with Gasteiger partial charge in [-0.3, -0.25) is 0 Å². The molecule has 0 fully saturated rings. The number of hydrogen-bond donors (Lipinski definition) is 3. The fraction of sp³-hybridized carbons (Fsp3) is 0.467. The highest BCUT2D eigenvalue weighted by Crippen LogP contribution is 2.14. The number of rotatable bonds is 6. The van der Waals surface area contributed by atoms with Gasteiger partial charge in [-0.05, 0) is 43.9 Å². The third-order valence-corrected chi connectivity index (χ3v) is 3.01. The van der Waals surface area contributed by atoms with E-state index in [1.165, 1.54) is 6.07 Å². The second kappa shape index (κ2) is 7.61. The second-order valence-electron chi connectivity index (χ2n) is 5.47. The fourth-order valence-corrected chi connectivity index (χ4v) is 1.81. The van der Waals surface area contributed by atoms with E-state index < -0.39 is 23.4 Å². The summed E-state index contributed by atoms with van der Waals surface area (Å²) in [6.45, 7) is 6.12. The lowest BCUT2D eigenvalue weighted by atomic mass is 10.0. The van der Waals surface area contributed by atoms with Crippen LogP contribution >= 0.6 is 0 Å². The standard InChI is InChI=1S/C15H21FN2O3/c1-9(2)4-5-10(3)17-15(21)18-11-6-7-12(14(19)20)13(16)8-11/h6-10H,4-5H2,1-3H3,(H,19,20)(H2,17,18,21). The highest BCUT2D eigenvalue weighted by molar-refractivity contribution is 5.91. The second-order valence-corrected chi connectivity index (χ2v) is 5.47. The van der Waals surface area contributed by atoms with E-state index in [1.54, 1.807) is 0 Å². The van der Waals surface area contributed by atoms with Gasteiger partial charge in [0, 0.05) is 11.7 Å². The molecule has 1 atom stereocenters. The molecule has 1 aromatic rings. The van der Waals surface area contributed by atoms with Crippen molar-refractivity contribution in [2.24, 2.45) is 5.92 Å². The lowest BCUT2D eigenvalue weighted by Gasteiger charge is -2.15. The highest BCUT2D eigenvalue weighted by atomic mass is 19.1. The average Bonchev–Trinajstić information content (AvgIpc) is 2.35. The Morgan fingerprint density at radius 1 is 1.24 bits per heavy atom. The summed E-state index contributed by atoms with van der Waals surface area (Å²) >= 11 is 0. The minimum atomic E-state index is -1.34. The van der Waals surface area contributed by atoms with Gasteiger partial charge in [0.1, 0.15) is 5.82 Å². The zero-order valence-corrected chi connectivity index (χ0v) is 12.4. The number of carbonyl (C=O) groups excluding carboxylic acids is 1. The number of urea groups is 1. The van der Waals surface area contributed by atoms with Crippen molar-refractivity contribution in [1.82, 2.24) is 5.32 Å². The first kappa shape index (κ1) is 16.9. The van der Waals surface area contributed by atoms with E-state index in [4.69, 9.17) is 5.11 Å². The van der Waals surface area contributed by atoms with Crippen molar-refractivity contribution < 1.29 is 19.1 Å². The van der Waals surface area contributed by atoms with Crippen LogP contribution in [0.2, 0.25) is 0 Å². The Hall–Kier alpha value is -2.11. The first-order valence-corrected chi connectivity index (χ1v) is 6.90. The minimum Gasteiger partial charge on any atom is -0.478 e. The van der Waals surface area contributed by atoms with Crippen molar-refractivity contribution in [3.63, 3.8) is 0 Å². The van der Waals surface area contributed by atoms with Crippen LogP contribution in [0.25, 0.3) is 0 Å². The highest BCUT2D eigenvalue weighted by Gasteiger charge is 2.12. The van der Waals surface area contributed by atoms with Crippen molar-refractivity contribution in [2.75, 3.05) is 5.32 Å². The molecule has 1 aromatic carbocycles. The predicted octanol–water partition coefficient (Wildman–Crippen LogP) is 3.47. The average molecular weight is 296 g/mol. The van der Waals surface area contributed by atoms with Crippen LogP contribution in [-0.2, 0) is 0 Å². The number of carbonyl (C=O) groups is 2. The van der Waals surface area contributed by atoms with Crippen molar-refractivity contribution in [2.45, 2.75) is 39.7 Å². The topological polar surface area (TPSA) is 78.4 Å². The van der Waals surface area contributed by atoms with Gasteiger partial charge in [0.15, 0.2) is 0 Å². The SMILES string of the molecule is CC(C)CCC(C)NC(=O)Nc1ccc(C(=O)O)c(F)c1. The molecule has 116 valence electrons. The molecule has 0 saturated heterocycles. The number of amides is 2. The molecule has 0 aliphatic carbocycles. The Labute approximate surface area is 123 Å². The molecule has 21 heavy (non-hydrogen) atoms. The summed E-state index contributed by atoms with van der Waals surface area (Å²) in [5.74, 6) is -1.66. The number of anilines is 1. The van der Waals surface area contributed by atoms with Crippen molar-refractivity contribution >= 4 is 17.7 Å². The maximum atomic E-state index is 13.5. The molecule has 1 rings (SSSR count). The van der Waals surface area contributed by atoms with Gasteiger partial charge >= 0.3 is 12.0 Å².